The molecule has 1 aromatic heterocycles. The summed E-state index contributed by atoms with van der Waals surface area (Å²) >= 11 is 0. The van der Waals surface area contributed by atoms with E-state index in [0.29, 0.717) is 36.1 Å². The first-order chi connectivity index (χ1) is 15.4. The Kier molecular flexibility index (Phi) is 7.75. The first-order valence-corrected chi connectivity index (χ1v) is 10.3. The van der Waals surface area contributed by atoms with E-state index in [2.05, 4.69) is 20.6 Å². The van der Waals surface area contributed by atoms with Crippen LogP contribution in [0.5, 0.6) is 11.5 Å². The lowest BCUT2D eigenvalue weighted by Gasteiger charge is -2.17. The van der Waals surface area contributed by atoms with Gasteiger partial charge < -0.3 is 20.1 Å². The number of nitrogens with zero attached hydrogens (tertiary/aromatic N) is 2. The van der Waals surface area contributed by atoms with Crippen LogP contribution in [-0.2, 0) is 6.18 Å². The fraction of sp³-hybridized carbons (Fsp3) is 0.304. The van der Waals surface area contributed by atoms with E-state index < -0.39 is 11.7 Å². The van der Waals surface area contributed by atoms with E-state index in [1.54, 1.807) is 48.5 Å². The minimum atomic E-state index is -4.63. The van der Waals surface area contributed by atoms with Crippen LogP contribution in [0, 0.1) is 0 Å². The summed E-state index contributed by atoms with van der Waals surface area (Å²) in [5.74, 6) is 0.795. The van der Waals surface area contributed by atoms with Crippen LogP contribution in [0.25, 0.3) is 0 Å². The quantitative estimate of drug-likeness (QED) is 0.344. The average molecular weight is 446 g/mol. The third-order valence-corrected chi connectivity index (χ3v) is 4.41. The van der Waals surface area contributed by atoms with Crippen LogP contribution in [0.15, 0.2) is 54.7 Å². The Labute approximate surface area is 184 Å². The standard InChI is InChI=1S/C23H25F3N4O2/c1-3-5-14-32-20-9-7-6-8-19(20)29-21-18(23(24,25)26)15-27-22(30-21)28-16-10-12-17(13-11-16)31-4-2/h6-13,15H,3-5,14H2,1-2H3,(H2,27,28,29,30). The van der Waals surface area contributed by atoms with Gasteiger partial charge in [-0.15, -0.1) is 0 Å². The summed E-state index contributed by atoms with van der Waals surface area (Å²) in [5, 5.41) is 5.69. The van der Waals surface area contributed by atoms with Crippen LogP contribution in [0.4, 0.5) is 36.3 Å². The molecule has 0 aliphatic rings. The van der Waals surface area contributed by atoms with E-state index in [9.17, 15) is 13.2 Å². The molecule has 0 atom stereocenters. The zero-order chi connectivity index (χ0) is 23.0. The van der Waals surface area contributed by atoms with Crippen LogP contribution in [0.1, 0.15) is 32.3 Å². The summed E-state index contributed by atoms with van der Waals surface area (Å²) in [5.41, 5.74) is 0.0281. The topological polar surface area (TPSA) is 68.3 Å². The van der Waals surface area contributed by atoms with Crippen LogP contribution in [-0.4, -0.2) is 23.2 Å². The van der Waals surface area contributed by atoms with Gasteiger partial charge in [-0.05, 0) is 49.7 Å². The number of para-hydroxylation sites is 2. The first kappa shape index (κ1) is 23.2. The number of nitrogens with one attached hydrogen (secondary N) is 2. The summed E-state index contributed by atoms with van der Waals surface area (Å²) in [6.07, 6.45) is -2.09. The lowest BCUT2D eigenvalue weighted by molar-refractivity contribution is -0.137. The number of ether oxygens (including phenoxy) is 2. The van der Waals surface area contributed by atoms with Crippen molar-refractivity contribution in [1.29, 1.82) is 0 Å². The molecular weight excluding hydrogens is 421 g/mol. The van der Waals surface area contributed by atoms with Crippen LogP contribution in [0.2, 0.25) is 0 Å². The van der Waals surface area contributed by atoms with Gasteiger partial charge in [0.25, 0.3) is 0 Å². The Morgan fingerprint density at radius 1 is 0.938 bits per heavy atom. The Morgan fingerprint density at radius 2 is 1.69 bits per heavy atom. The molecule has 3 aromatic rings. The monoisotopic (exact) mass is 446 g/mol. The minimum absolute atomic E-state index is 0.0223. The number of unbranched alkanes of at least 4 members (excludes halogenated alkanes) is 1. The zero-order valence-corrected chi connectivity index (χ0v) is 17.9. The molecule has 2 N–H and O–H groups in total. The SMILES string of the molecule is CCCCOc1ccccc1Nc1nc(Nc2ccc(OCC)cc2)ncc1C(F)(F)F. The van der Waals surface area contributed by atoms with Gasteiger partial charge in [0.15, 0.2) is 0 Å². The predicted molar refractivity (Wildman–Crippen MR) is 118 cm³/mol. The van der Waals surface area contributed by atoms with Crippen molar-refractivity contribution in [3.05, 3.63) is 60.3 Å². The molecule has 2 aromatic carbocycles. The van der Waals surface area contributed by atoms with Gasteiger partial charge in [-0.25, -0.2) is 4.98 Å². The zero-order valence-electron chi connectivity index (χ0n) is 17.9. The fourth-order valence-electron chi connectivity index (χ4n) is 2.82. The molecule has 6 nitrogen and oxygen atoms in total. The second-order valence-corrected chi connectivity index (χ2v) is 6.86. The number of benzene rings is 2. The van der Waals surface area contributed by atoms with Gasteiger partial charge in [0.05, 0.1) is 18.9 Å². The largest absolute Gasteiger partial charge is 0.494 e. The van der Waals surface area contributed by atoms with Crippen LogP contribution >= 0.6 is 0 Å². The van der Waals surface area contributed by atoms with Crippen molar-refractivity contribution in [3.8, 4) is 11.5 Å². The van der Waals surface area contributed by atoms with Gasteiger partial charge >= 0.3 is 6.18 Å². The van der Waals surface area contributed by atoms with E-state index in [1.807, 2.05) is 13.8 Å². The molecular formula is C23H25F3N4O2. The number of aromatic nitrogens is 2. The number of hydrogen-bond acceptors (Lipinski definition) is 6. The molecule has 3 rings (SSSR count). The maximum atomic E-state index is 13.6. The fourth-order valence-corrected chi connectivity index (χ4v) is 2.82. The molecule has 1 heterocycles. The van der Waals surface area contributed by atoms with Crippen LogP contribution < -0.4 is 20.1 Å². The Morgan fingerprint density at radius 3 is 2.38 bits per heavy atom. The molecule has 0 spiro atoms. The molecule has 0 unspecified atom stereocenters. The minimum Gasteiger partial charge on any atom is -0.494 e. The molecule has 0 aliphatic heterocycles. The number of anilines is 4. The molecule has 0 amide bonds. The van der Waals surface area contributed by atoms with Gasteiger partial charge in [0.1, 0.15) is 22.9 Å². The molecule has 0 saturated carbocycles. The van der Waals surface area contributed by atoms with Crippen molar-refractivity contribution in [2.45, 2.75) is 32.9 Å². The summed E-state index contributed by atoms with van der Waals surface area (Å²) in [4.78, 5) is 7.93. The normalized spacial score (nSPS) is 11.2. The average Bonchev–Trinajstić information content (AvgIpc) is 2.76. The van der Waals surface area contributed by atoms with Gasteiger partial charge in [-0.2, -0.15) is 18.2 Å². The van der Waals surface area contributed by atoms with Crippen molar-refractivity contribution < 1.29 is 22.6 Å². The van der Waals surface area contributed by atoms with E-state index in [4.69, 9.17) is 9.47 Å². The van der Waals surface area contributed by atoms with E-state index in [0.717, 1.165) is 19.0 Å². The number of alkyl halides is 3. The molecule has 0 aliphatic carbocycles. The van der Waals surface area contributed by atoms with Crippen molar-refractivity contribution in [2.24, 2.45) is 0 Å². The first-order valence-electron chi connectivity index (χ1n) is 10.3. The molecule has 0 bridgehead atoms. The smallest absolute Gasteiger partial charge is 0.421 e. The summed E-state index contributed by atoms with van der Waals surface area (Å²) in [6, 6.07) is 13.8. The second-order valence-electron chi connectivity index (χ2n) is 6.86. The third kappa shape index (κ3) is 6.26. The molecule has 0 fully saturated rings. The lowest BCUT2D eigenvalue weighted by Crippen LogP contribution is -2.13. The maximum Gasteiger partial charge on any atom is 0.421 e. The Bertz CT molecular complexity index is 1010. The van der Waals surface area contributed by atoms with Crippen molar-refractivity contribution in [3.63, 3.8) is 0 Å². The summed E-state index contributed by atoms with van der Waals surface area (Å²) in [7, 11) is 0. The Balaban J connectivity index is 1.87. The van der Waals surface area contributed by atoms with E-state index >= 15 is 0 Å². The highest BCUT2D eigenvalue weighted by Gasteiger charge is 2.35. The number of hydrogen-bond donors (Lipinski definition) is 2. The van der Waals surface area contributed by atoms with Crippen LogP contribution in [0.3, 0.4) is 0 Å². The second kappa shape index (κ2) is 10.7. The molecule has 32 heavy (non-hydrogen) atoms. The maximum absolute atomic E-state index is 13.6. The summed E-state index contributed by atoms with van der Waals surface area (Å²) in [6.45, 7) is 4.91. The number of rotatable bonds is 10. The van der Waals surface area contributed by atoms with Gasteiger partial charge in [0.2, 0.25) is 5.95 Å². The predicted octanol–water partition coefficient (Wildman–Crippen LogP) is 6.56. The third-order valence-electron chi connectivity index (χ3n) is 4.41. The van der Waals surface area contributed by atoms with Gasteiger partial charge in [-0.1, -0.05) is 25.5 Å². The molecule has 9 heteroatoms. The molecule has 170 valence electrons. The summed E-state index contributed by atoms with van der Waals surface area (Å²) < 4.78 is 51.9. The molecule has 0 radical (unpaired) electrons. The highest BCUT2D eigenvalue weighted by Crippen LogP contribution is 2.37. The Hall–Kier alpha value is -3.49. The highest BCUT2D eigenvalue weighted by atomic mass is 19.4. The van der Waals surface area contributed by atoms with Gasteiger partial charge in [-0.3, -0.25) is 0 Å². The van der Waals surface area contributed by atoms with Gasteiger partial charge in [0, 0.05) is 11.9 Å². The highest BCUT2D eigenvalue weighted by molar-refractivity contribution is 5.67. The number of halogens is 3. The van der Waals surface area contributed by atoms with E-state index in [-0.39, 0.29) is 11.8 Å². The molecule has 0 saturated heterocycles. The van der Waals surface area contributed by atoms with E-state index in [1.165, 1.54) is 0 Å². The lowest BCUT2D eigenvalue weighted by atomic mass is 10.2. The van der Waals surface area contributed by atoms with Crippen molar-refractivity contribution in [2.75, 3.05) is 23.8 Å². The van der Waals surface area contributed by atoms with Crippen molar-refractivity contribution in [1.82, 2.24) is 9.97 Å². The van der Waals surface area contributed by atoms with Crippen molar-refractivity contribution >= 4 is 23.1 Å².